The summed E-state index contributed by atoms with van der Waals surface area (Å²) in [5, 5.41) is 3.00. The van der Waals surface area contributed by atoms with E-state index in [1.807, 2.05) is 39.8 Å². The Labute approximate surface area is 277 Å². The van der Waals surface area contributed by atoms with Crippen LogP contribution in [0.4, 0.5) is 10.5 Å². The number of carbonyl (C=O) groups is 3. The van der Waals surface area contributed by atoms with Crippen molar-refractivity contribution in [3.8, 4) is 11.5 Å². The van der Waals surface area contributed by atoms with Crippen LogP contribution in [0.5, 0.6) is 11.5 Å². The van der Waals surface area contributed by atoms with Crippen molar-refractivity contribution in [1.29, 1.82) is 0 Å². The number of amides is 3. The van der Waals surface area contributed by atoms with Crippen LogP contribution in [0.3, 0.4) is 0 Å². The minimum Gasteiger partial charge on any atom is -0.454 e. The molecule has 1 fully saturated rings. The van der Waals surface area contributed by atoms with Crippen molar-refractivity contribution in [3.63, 3.8) is 0 Å². The first-order valence-corrected chi connectivity index (χ1v) is 16.5. The summed E-state index contributed by atoms with van der Waals surface area (Å²) < 4.78 is 29.8. The van der Waals surface area contributed by atoms with Crippen molar-refractivity contribution in [3.05, 3.63) is 66.2 Å². The minimum absolute atomic E-state index is 0.0258. The van der Waals surface area contributed by atoms with Gasteiger partial charge in [-0.15, -0.1) is 0 Å². The molecule has 3 aliphatic rings. The molecule has 3 heterocycles. The number of fused-ring (bicyclic) bond motifs is 4. The van der Waals surface area contributed by atoms with Crippen LogP contribution in [0, 0.1) is 5.92 Å². The van der Waals surface area contributed by atoms with E-state index in [9.17, 15) is 14.4 Å². The first kappa shape index (κ1) is 34.3. The Hall–Kier alpha value is -4.09. The van der Waals surface area contributed by atoms with Crippen LogP contribution in [0.1, 0.15) is 82.3 Å². The molecule has 0 aromatic heterocycles. The molecule has 0 spiro atoms. The second-order valence-electron chi connectivity index (χ2n) is 13.1. The molecule has 1 saturated heterocycles. The average molecular weight is 650 g/mol. The molecular formula is C36H47N3O8. The molecule has 1 N–H and O–H groups in total. The van der Waals surface area contributed by atoms with Crippen molar-refractivity contribution in [2.75, 3.05) is 31.4 Å². The topological polar surface area (TPSA) is 116 Å². The van der Waals surface area contributed by atoms with Crippen LogP contribution in [0.2, 0.25) is 0 Å². The van der Waals surface area contributed by atoms with Gasteiger partial charge in [0, 0.05) is 30.3 Å². The van der Waals surface area contributed by atoms with Gasteiger partial charge in [-0.2, -0.15) is 0 Å². The van der Waals surface area contributed by atoms with Crippen molar-refractivity contribution >= 4 is 23.6 Å². The molecule has 2 aromatic carbocycles. The van der Waals surface area contributed by atoms with Crippen molar-refractivity contribution in [2.24, 2.45) is 5.92 Å². The van der Waals surface area contributed by atoms with Gasteiger partial charge >= 0.3 is 6.09 Å². The van der Waals surface area contributed by atoms with Gasteiger partial charge in [-0.1, -0.05) is 58.0 Å². The zero-order chi connectivity index (χ0) is 33.7. The summed E-state index contributed by atoms with van der Waals surface area (Å²) in [4.78, 5) is 44.6. The third-order valence-electron chi connectivity index (χ3n) is 8.58. The molecular weight excluding hydrogens is 602 g/mol. The molecule has 0 radical (unpaired) electrons. The highest BCUT2D eigenvalue weighted by Crippen LogP contribution is 2.52. The Balaban J connectivity index is 1.46. The average Bonchev–Trinajstić information content (AvgIpc) is 3.64. The summed E-state index contributed by atoms with van der Waals surface area (Å²) >= 11 is 0. The lowest BCUT2D eigenvalue weighted by molar-refractivity contribution is -0.148. The SMILES string of the molecule is C=CCOC(=O)N1c2cc3c(cc2[C@@H]2OC(C)(C)O[C@H]2[C@@H]1CCN(CCCC)C(=O)[C@H](CC(C)C)NC(=O)c1ccccc1)OCO3. The fourth-order valence-corrected chi connectivity index (χ4v) is 6.46. The molecule has 0 bridgehead atoms. The molecule has 0 aliphatic carbocycles. The van der Waals surface area contributed by atoms with E-state index < -0.39 is 36.2 Å². The highest BCUT2D eigenvalue weighted by atomic mass is 16.8. The van der Waals surface area contributed by atoms with E-state index in [2.05, 4.69) is 18.8 Å². The molecule has 4 atom stereocenters. The van der Waals surface area contributed by atoms with Crippen molar-refractivity contribution < 1.29 is 38.1 Å². The molecule has 3 amide bonds. The minimum atomic E-state index is -0.927. The second kappa shape index (κ2) is 14.8. The number of nitrogens with one attached hydrogen (secondary N) is 1. The number of ether oxygens (including phenoxy) is 5. The summed E-state index contributed by atoms with van der Waals surface area (Å²) in [6.45, 7) is 14.4. The van der Waals surface area contributed by atoms with E-state index in [4.69, 9.17) is 23.7 Å². The molecule has 11 heteroatoms. The van der Waals surface area contributed by atoms with Crippen molar-refractivity contribution in [2.45, 2.75) is 90.4 Å². The Morgan fingerprint density at radius 2 is 1.83 bits per heavy atom. The van der Waals surface area contributed by atoms with E-state index >= 15 is 0 Å². The van der Waals surface area contributed by atoms with Gasteiger partial charge < -0.3 is 33.9 Å². The summed E-state index contributed by atoms with van der Waals surface area (Å²) in [5.41, 5.74) is 1.81. The number of nitrogens with zero attached hydrogens (tertiary/aromatic N) is 2. The van der Waals surface area contributed by atoms with Gasteiger partial charge in [0.25, 0.3) is 5.91 Å². The van der Waals surface area contributed by atoms with Gasteiger partial charge in [-0.3, -0.25) is 14.5 Å². The van der Waals surface area contributed by atoms with Crippen LogP contribution in [-0.4, -0.2) is 73.3 Å². The largest absolute Gasteiger partial charge is 0.454 e. The Morgan fingerprint density at radius 3 is 2.51 bits per heavy atom. The van der Waals surface area contributed by atoms with Crippen LogP contribution < -0.4 is 19.7 Å². The fraction of sp³-hybridized carbons (Fsp3) is 0.528. The maximum Gasteiger partial charge on any atom is 0.414 e. The predicted molar refractivity (Wildman–Crippen MR) is 176 cm³/mol. The van der Waals surface area contributed by atoms with E-state index in [0.717, 1.165) is 18.4 Å². The number of anilines is 1. The van der Waals surface area contributed by atoms with Crippen molar-refractivity contribution in [1.82, 2.24) is 10.2 Å². The molecule has 0 saturated carbocycles. The molecule has 2 aromatic rings. The zero-order valence-corrected chi connectivity index (χ0v) is 28.0. The van der Waals surface area contributed by atoms with Gasteiger partial charge in [0.2, 0.25) is 12.7 Å². The molecule has 3 aliphatic heterocycles. The van der Waals surface area contributed by atoms with Gasteiger partial charge in [-0.05, 0) is 57.2 Å². The Kier molecular flexibility index (Phi) is 10.8. The third-order valence-corrected chi connectivity index (χ3v) is 8.58. The van der Waals surface area contributed by atoms with Crippen LogP contribution in [0.25, 0.3) is 0 Å². The molecule has 0 unspecified atom stereocenters. The highest BCUT2D eigenvalue weighted by molar-refractivity contribution is 5.97. The van der Waals surface area contributed by atoms with E-state index in [0.29, 0.717) is 48.7 Å². The second-order valence-corrected chi connectivity index (χ2v) is 13.1. The molecule has 47 heavy (non-hydrogen) atoms. The monoisotopic (exact) mass is 649 g/mol. The first-order valence-electron chi connectivity index (χ1n) is 16.5. The van der Waals surface area contributed by atoms with E-state index in [1.165, 1.54) is 6.08 Å². The van der Waals surface area contributed by atoms with Gasteiger partial charge in [0.1, 0.15) is 24.9 Å². The smallest absolute Gasteiger partial charge is 0.414 e. The number of hydrogen-bond donors (Lipinski definition) is 1. The summed E-state index contributed by atoms with van der Waals surface area (Å²) in [6.07, 6.45) is 2.42. The highest BCUT2D eigenvalue weighted by Gasteiger charge is 2.54. The molecule has 5 rings (SSSR count). The number of hydrogen-bond acceptors (Lipinski definition) is 8. The number of carbonyl (C=O) groups excluding carboxylic acids is 3. The fourth-order valence-electron chi connectivity index (χ4n) is 6.46. The van der Waals surface area contributed by atoms with Gasteiger partial charge in [-0.25, -0.2) is 4.79 Å². The third kappa shape index (κ3) is 7.73. The maximum absolute atomic E-state index is 14.2. The van der Waals surface area contributed by atoms with Crippen LogP contribution in [-0.2, 0) is 19.0 Å². The van der Waals surface area contributed by atoms with Crippen LogP contribution in [0.15, 0.2) is 55.1 Å². The standard InChI is InChI=1S/C36H47N3O8/c1-7-9-16-38(34(41)26(19-23(3)4)37-33(40)24-13-11-10-12-14-24)17-15-27-32-31(46-36(5,6)47-32)25-20-29-30(45-22-44-29)21-28(25)39(27)35(42)43-18-8-2/h8,10-14,20-21,23,26-27,31-32H,2,7,9,15-19,22H2,1,3-6H3,(H,37,40)/t26-,27-,31-,32-/m0/s1. The first-order chi connectivity index (χ1) is 22.5. The quantitative estimate of drug-likeness (QED) is 0.264. The predicted octanol–water partition coefficient (Wildman–Crippen LogP) is 5.98. The van der Waals surface area contributed by atoms with E-state index in [-0.39, 0.29) is 31.1 Å². The van der Waals surface area contributed by atoms with Gasteiger partial charge in [0.15, 0.2) is 17.3 Å². The number of rotatable bonds is 13. The Bertz CT molecular complexity index is 1450. The summed E-state index contributed by atoms with van der Waals surface area (Å²) in [5.74, 6) is -0.121. The molecule has 11 nitrogen and oxygen atoms in total. The lowest BCUT2D eigenvalue weighted by Gasteiger charge is -2.42. The Morgan fingerprint density at radius 1 is 1.11 bits per heavy atom. The lowest BCUT2D eigenvalue weighted by Crippen LogP contribution is -2.55. The zero-order valence-electron chi connectivity index (χ0n) is 28.0. The normalized spacial score (nSPS) is 21.1. The number of unbranched alkanes of at least 4 members (excludes halogenated alkanes) is 1. The van der Waals surface area contributed by atoms with Crippen LogP contribution >= 0.6 is 0 Å². The number of benzene rings is 2. The van der Waals surface area contributed by atoms with Gasteiger partial charge in [0.05, 0.1) is 11.7 Å². The maximum atomic E-state index is 14.2. The van der Waals surface area contributed by atoms with E-state index in [1.54, 1.807) is 40.1 Å². The molecule has 254 valence electrons. The lowest BCUT2D eigenvalue weighted by atomic mass is 9.88. The summed E-state index contributed by atoms with van der Waals surface area (Å²) in [6, 6.07) is 11.3. The summed E-state index contributed by atoms with van der Waals surface area (Å²) in [7, 11) is 0.